The highest BCUT2D eigenvalue weighted by atomic mass is 16.5. The zero-order chi connectivity index (χ0) is 14.1. The average Bonchev–Trinajstić information content (AvgIpc) is 3.19. The quantitative estimate of drug-likeness (QED) is 0.914. The third kappa shape index (κ3) is 3.30. The van der Waals surface area contributed by atoms with E-state index in [0.29, 0.717) is 0 Å². The van der Waals surface area contributed by atoms with Crippen LogP contribution >= 0.6 is 0 Å². The molecule has 2 fully saturated rings. The predicted molar refractivity (Wildman–Crippen MR) is 81.1 cm³/mol. The van der Waals surface area contributed by atoms with Crippen LogP contribution in [0, 0.1) is 6.92 Å². The molecular weight excluding hydrogens is 250 g/mol. The molecule has 2 unspecified atom stereocenters. The number of aryl methyl sites for hydroxylation is 1. The lowest BCUT2D eigenvalue weighted by atomic mass is 10.1. The van der Waals surface area contributed by atoms with Crippen LogP contribution in [-0.2, 0) is 11.3 Å². The molecule has 1 N–H and O–H groups in total. The second kappa shape index (κ2) is 5.70. The van der Waals surface area contributed by atoms with Crippen molar-refractivity contribution in [3.8, 4) is 0 Å². The topological polar surface area (TPSA) is 37.4 Å². The van der Waals surface area contributed by atoms with Gasteiger partial charge in [0.05, 0.1) is 12.2 Å². The van der Waals surface area contributed by atoms with Crippen LogP contribution in [0.1, 0.15) is 37.8 Å². The Labute approximate surface area is 121 Å². The molecule has 2 aliphatic rings. The fraction of sp³-hybridized carbons (Fsp3) is 0.688. The number of hydrogen-bond donors (Lipinski definition) is 1. The van der Waals surface area contributed by atoms with Crippen LogP contribution in [0.4, 0.5) is 5.82 Å². The molecule has 20 heavy (non-hydrogen) atoms. The molecule has 4 nitrogen and oxygen atoms in total. The van der Waals surface area contributed by atoms with Gasteiger partial charge < -0.3 is 15.0 Å². The van der Waals surface area contributed by atoms with Gasteiger partial charge in [-0.3, -0.25) is 0 Å². The van der Waals surface area contributed by atoms with E-state index in [2.05, 4.69) is 37.1 Å². The van der Waals surface area contributed by atoms with Gasteiger partial charge in [-0.15, -0.1) is 0 Å². The third-order valence-electron chi connectivity index (χ3n) is 4.00. The molecule has 0 spiro atoms. The standard InChI is InChI=1S/C16H25N3O/c1-11-6-14(7-17-15-4-5-15)8-18-16(11)19-9-12(2)20-13(3)10-19/h6,8,12-13,15,17H,4-5,7,9-10H2,1-3H3. The predicted octanol–water partition coefficient (Wildman–Crippen LogP) is 2.26. The maximum Gasteiger partial charge on any atom is 0.131 e. The number of morpholine rings is 1. The molecule has 1 aromatic rings. The minimum absolute atomic E-state index is 0.274. The first-order valence-electron chi connectivity index (χ1n) is 7.71. The Balaban J connectivity index is 1.69. The minimum atomic E-state index is 0.274. The minimum Gasteiger partial charge on any atom is -0.372 e. The third-order valence-corrected chi connectivity index (χ3v) is 4.00. The van der Waals surface area contributed by atoms with E-state index in [4.69, 9.17) is 9.72 Å². The van der Waals surface area contributed by atoms with Crippen LogP contribution in [0.25, 0.3) is 0 Å². The van der Waals surface area contributed by atoms with Crippen molar-refractivity contribution in [1.82, 2.24) is 10.3 Å². The van der Waals surface area contributed by atoms with Gasteiger partial charge in [0.15, 0.2) is 0 Å². The largest absolute Gasteiger partial charge is 0.372 e. The number of ether oxygens (including phenoxy) is 1. The van der Waals surface area contributed by atoms with Gasteiger partial charge >= 0.3 is 0 Å². The lowest BCUT2D eigenvalue weighted by Gasteiger charge is -2.36. The van der Waals surface area contributed by atoms with Gasteiger partial charge in [0.25, 0.3) is 0 Å². The molecule has 2 atom stereocenters. The van der Waals surface area contributed by atoms with Crippen molar-refractivity contribution >= 4 is 5.82 Å². The van der Waals surface area contributed by atoms with Crippen molar-refractivity contribution in [2.24, 2.45) is 0 Å². The van der Waals surface area contributed by atoms with Crippen molar-refractivity contribution < 1.29 is 4.74 Å². The summed E-state index contributed by atoms with van der Waals surface area (Å²) in [6.07, 6.45) is 5.22. The Hall–Kier alpha value is -1.13. The monoisotopic (exact) mass is 275 g/mol. The summed E-state index contributed by atoms with van der Waals surface area (Å²) in [7, 11) is 0. The molecule has 3 rings (SSSR count). The van der Waals surface area contributed by atoms with E-state index in [1.54, 1.807) is 0 Å². The van der Waals surface area contributed by atoms with Crippen LogP contribution in [0.5, 0.6) is 0 Å². The van der Waals surface area contributed by atoms with Gasteiger partial charge in [-0.25, -0.2) is 4.98 Å². The smallest absolute Gasteiger partial charge is 0.131 e. The second-order valence-corrected chi connectivity index (χ2v) is 6.30. The van der Waals surface area contributed by atoms with Crippen molar-refractivity contribution in [1.29, 1.82) is 0 Å². The normalized spacial score (nSPS) is 26.9. The van der Waals surface area contributed by atoms with Crippen LogP contribution in [-0.4, -0.2) is 36.3 Å². The molecule has 1 saturated carbocycles. The number of nitrogens with one attached hydrogen (secondary N) is 1. The first-order chi connectivity index (χ1) is 9.61. The Morgan fingerprint density at radius 3 is 2.60 bits per heavy atom. The van der Waals surface area contributed by atoms with E-state index in [1.807, 2.05) is 6.20 Å². The molecule has 0 radical (unpaired) electrons. The molecule has 0 amide bonds. The zero-order valence-electron chi connectivity index (χ0n) is 12.7. The van der Waals surface area contributed by atoms with Crippen LogP contribution in [0.2, 0.25) is 0 Å². The van der Waals surface area contributed by atoms with Crippen LogP contribution in [0.15, 0.2) is 12.3 Å². The molecule has 2 heterocycles. The highest BCUT2D eigenvalue weighted by molar-refractivity contribution is 5.48. The van der Waals surface area contributed by atoms with Crippen LogP contribution in [0.3, 0.4) is 0 Å². The van der Waals surface area contributed by atoms with Crippen molar-refractivity contribution in [3.05, 3.63) is 23.4 Å². The highest BCUT2D eigenvalue weighted by Gasteiger charge is 2.24. The fourth-order valence-corrected chi connectivity index (χ4v) is 2.95. The number of anilines is 1. The van der Waals surface area contributed by atoms with E-state index in [0.717, 1.165) is 31.5 Å². The Morgan fingerprint density at radius 1 is 1.30 bits per heavy atom. The average molecular weight is 275 g/mol. The van der Waals surface area contributed by atoms with E-state index in [-0.39, 0.29) is 12.2 Å². The Morgan fingerprint density at radius 2 is 2.00 bits per heavy atom. The summed E-state index contributed by atoms with van der Waals surface area (Å²) < 4.78 is 5.79. The summed E-state index contributed by atoms with van der Waals surface area (Å²) in [6, 6.07) is 3.01. The van der Waals surface area contributed by atoms with Crippen LogP contribution < -0.4 is 10.2 Å². The zero-order valence-corrected chi connectivity index (χ0v) is 12.7. The van der Waals surface area contributed by atoms with Gasteiger partial charge in [-0.2, -0.15) is 0 Å². The number of hydrogen-bond acceptors (Lipinski definition) is 4. The van der Waals surface area contributed by atoms with Crippen molar-refractivity contribution in [2.45, 2.75) is 58.4 Å². The molecule has 1 saturated heterocycles. The lowest BCUT2D eigenvalue weighted by molar-refractivity contribution is -0.00549. The molecule has 1 aliphatic carbocycles. The molecule has 1 aliphatic heterocycles. The van der Waals surface area contributed by atoms with E-state index in [9.17, 15) is 0 Å². The molecule has 0 bridgehead atoms. The highest BCUT2D eigenvalue weighted by Crippen LogP contribution is 2.23. The first-order valence-corrected chi connectivity index (χ1v) is 7.71. The molecule has 0 aromatic carbocycles. The summed E-state index contributed by atoms with van der Waals surface area (Å²) in [4.78, 5) is 7.05. The Kier molecular flexibility index (Phi) is 3.94. The summed E-state index contributed by atoms with van der Waals surface area (Å²) in [5.74, 6) is 1.11. The molecular formula is C16H25N3O. The molecule has 110 valence electrons. The first kappa shape index (κ1) is 13.8. The fourth-order valence-electron chi connectivity index (χ4n) is 2.95. The summed E-state index contributed by atoms with van der Waals surface area (Å²) in [5, 5.41) is 3.54. The van der Waals surface area contributed by atoms with Crippen molar-refractivity contribution in [2.75, 3.05) is 18.0 Å². The number of pyridine rings is 1. The number of aromatic nitrogens is 1. The summed E-state index contributed by atoms with van der Waals surface area (Å²) in [5.41, 5.74) is 2.55. The maximum atomic E-state index is 5.79. The van der Waals surface area contributed by atoms with Crippen molar-refractivity contribution in [3.63, 3.8) is 0 Å². The lowest BCUT2D eigenvalue weighted by Crippen LogP contribution is -2.46. The van der Waals surface area contributed by atoms with E-state index in [1.165, 1.54) is 24.0 Å². The maximum absolute atomic E-state index is 5.79. The van der Waals surface area contributed by atoms with Gasteiger partial charge in [0.2, 0.25) is 0 Å². The molecule has 4 heteroatoms. The SMILES string of the molecule is Cc1cc(CNC2CC2)cnc1N1CC(C)OC(C)C1. The van der Waals surface area contributed by atoms with Gasteiger partial charge in [-0.05, 0) is 50.8 Å². The van der Waals surface area contributed by atoms with Gasteiger partial charge in [0, 0.05) is 31.9 Å². The molecule has 1 aromatic heterocycles. The van der Waals surface area contributed by atoms with E-state index >= 15 is 0 Å². The van der Waals surface area contributed by atoms with Gasteiger partial charge in [-0.1, -0.05) is 0 Å². The number of nitrogens with zero attached hydrogens (tertiary/aromatic N) is 2. The van der Waals surface area contributed by atoms with E-state index < -0.39 is 0 Å². The second-order valence-electron chi connectivity index (χ2n) is 6.30. The summed E-state index contributed by atoms with van der Waals surface area (Å²) >= 11 is 0. The van der Waals surface area contributed by atoms with Gasteiger partial charge in [0.1, 0.15) is 5.82 Å². The Bertz CT molecular complexity index is 463. The number of rotatable bonds is 4. The summed E-state index contributed by atoms with van der Waals surface area (Å²) in [6.45, 7) is 9.22.